The third-order valence-corrected chi connectivity index (χ3v) is 2.61. The molecule has 1 N–H and O–H groups in total. The Kier molecular flexibility index (Phi) is 3.00. The van der Waals surface area contributed by atoms with Crippen LogP contribution >= 0.6 is 0 Å². The van der Waals surface area contributed by atoms with Gasteiger partial charge in [0.1, 0.15) is 5.56 Å². The molecule has 86 valence electrons. The molecule has 0 aromatic carbocycles. The van der Waals surface area contributed by atoms with Crippen molar-refractivity contribution in [1.82, 2.24) is 9.55 Å². The maximum absolute atomic E-state index is 11.2. The van der Waals surface area contributed by atoms with Crippen molar-refractivity contribution < 1.29 is 14.6 Å². The van der Waals surface area contributed by atoms with E-state index in [0.717, 1.165) is 19.4 Å². The number of rotatable bonds is 2. The van der Waals surface area contributed by atoms with Gasteiger partial charge < -0.3 is 14.4 Å². The minimum atomic E-state index is -1.25. The number of carboxylic acids is 1. The van der Waals surface area contributed by atoms with Crippen molar-refractivity contribution in [2.75, 3.05) is 13.2 Å². The van der Waals surface area contributed by atoms with Gasteiger partial charge in [-0.3, -0.25) is 4.79 Å². The van der Waals surface area contributed by atoms with E-state index >= 15 is 0 Å². The first-order valence-corrected chi connectivity index (χ1v) is 5.07. The molecule has 0 saturated carbocycles. The van der Waals surface area contributed by atoms with Gasteiger partial charge in [-0.15, -0.1) is 0 Å². The summed E-state index contributed by atoms with van der Waals surface area (Å²) in [5.74, 6) is -1.25. The molecule has 1 atom stereocenters. The third kappa shape index (κ3) is 2.11. The van der Waals surface area contributed by atoms with Crippen LogP contribution in [0.5, 0.6) is 0 Å². The van der Waals surface area contributed by atoms with Crippen LogP contribution in [0, 0.1) is 0 Å². The summed E-state index contributed by atoms with van der Waals surface area (Å²) < 4.78 is 6.94. The molecular formula is C10H12N2O4. The van der Waals surface area contributed by atoms with E-state index in [1.807, 2.05) is 0 Å². The van der Waals surface area contributed by atoms with E-state index < -0.39 is 11.5 Å². The van der Waals surface area contributed by atoms with E-state index in [1.54, 1.807) is 4.57 Å². The number of hydrogen-bond acceptors (Lipinski definition) is 4. The summed E-state index contributed by atoms with van der Waals surface area (Å²) in [7, 11) is 0. The van der Waals surface area contributed by atoms with Gasteiger partial charge in [-0.2, -0.15) is 4.98 Å². The first-order valence-electron chi connectivity index (χ1n) is 5.07. The number of ether oxygens (including phenoxy) is 1. The molecule has 1 aliphatic rings. The smallest absolute Gasteiger partial charge is 0.342 e. The predicted octanol–water partition coefficient (Wildman–Crippen LogP) is 0.293. The molecule has 6 nitrogen and oxygen atoms in total. The summed E-state index contributed by atoms with van der Waals surface area (Å²) in [6.07, 6.45) is 4.54. The standard InChI is InChI=1S/C10H12N2O4/c13-9-8(10(14)15)4-12(6-11-9)7-2-1-3-16-5-7/h4,6-7H,1-3,5H2,(H,14,15). The van der Waals surface area contributed by atoms with Gasteiger partial charge in [0.25, 0.3) is 5.56 Å². The van der Waals surface area contributed by atoms with E-state index in [1.165, 1.54) is 12.5 Å². The first kappa shape index (κ1) is 10.8. The highest BCUT2D eigenvalue weighted by molar-refractivity contribution is 5.86. The fourth-order valence-corrected chi connectivity index (χ4v) is 1.73. The Bertz CT molecular complexity index is 448. The van der Waals surface area contributed by atoms with Gasteiger partial charge >= 0.3 is 5.97 Å². The van der Waals surface area contributed by atoms with Crippen LogP contribution in [0.2, 0.25) is 0 Å². The number of nitrogens with zero attached hydrogens (tertiary/aromatic N) is 2. The second kappa shape index (κ2) is 4.44. The van der Waals surface area contributed by atoms with Crippen molar-refractivity contribution in [3.8, 4) is 0 Å². The quantitative estimate of drug-likeness (QED) is 0.781. The number of aromatic carboxylic acids is 1. The SMILES string of the molecule is O=C(O)c1cn(C2CCCOC2)cnc1=O. The number of carbonyl (C=O) groups is 1. The normalized spacial score (nSPS) is 20.6. The fraction of sp³-hybridized carbons (Fsp3) is 0.500. The van der Waals surface area contributed by atoms with Crippen molar-refractivity contribution in [1.29, 1.82) is 0 Å². The Hall–Kier alpha value is -1.69. The molecule has 16 heavy (non-hydrogen) atoms. The van der Waals surface area contributed by atoms with Gasteiger partial charge in [0.15, 0.2) is 0 Å². The van der Waals surface area contributed by atoms with Crippen LogP contribution in [0.25, 0.3) is 0 Å². The lowest BCUT2D eigenvalue weighted by molar-refractivity contribution is 0.0578. The Morgan fingerprint density at radius 3 is 3.06 bits per heavy atom. The molecule has 1 unspecified atom stereocenters. The molecule has 0 amide bonds. The zero-order valence-corrected chi connectivity index (χ0v) is 8.63. The van der Waals surface area contributed by atoms with Crippen LogP contribution in [0.3, 0.4) is 0 Å². The number of carboxylic acid groups (broad SMARTS) is 1. The van der Waals surface area contributed by atoms with Gasteiger partial charge in [0.05, 0.1) is 19.0 Å². The lowest BCUT2D eigenvalue weighted by atomic mass is 10.1. The fourth-order valence-electron chi connectivity index (χ4n) is 1.73. The van der Waals surface area contributed by atoms with Crippen molar-refractivity contribution >= 4 is 5.97 Å². The molecule has 0 bridgehead atoms. The molecule has 6 heteroatoms. The Morgan fingerprint density at radius 1 is 1.62 bits per heavy atom. The topological polar surface area (TPSA) is 81.4 Å². The largest absolute Gasteiger partial charge is 0.477 e. The van der Waals surface area contributed by atoms with Crippen LogP contribution in [-0.4, -0.2) is 33.8 Å². The number of hydrogen-bond donors (Lipinski definition) is 1. The Balaban J connectivity index is 2.31. The second-order valence-corrected chi connectivity index (χ2v) is 3.72. The van der Waals surface area contributed by atoms with Gasteiger partial charge in [0, 0.05) is 12.8 Å². The average Bonchev–Trinajstić information content (AvgIpc) is 2.30. The van der Waals surface area contributed by atoms with E-state index in [9.17, 15) is 9.59 Å². The minimum absolute atomic E-state index is 0.0694. The van der Waals surface area contributed by atoms with Crippen molar-refractivity contribution in [2.24, 2.45) is 0 Å². The van der Waals surface area contributed by atoms with Gasteiger partial charge in [-0.25, -0.2) is 4.79 Å². The second-order valence-electron chi connectivity index (χ2n) is 3.72. The summed E-state index contributed by atoms with van der Waals surface area (Å²) in [5.41, 5.74) is -1.01. The van der Waals surface area contributed by atoms with Gasteiger partial charge in [-0.05, 0) is 12.8 Å². The molecule has 1 aliphatic heterocycles. The molecule has 1 fully saturated rings. The highest BCUT2D eigenvalue weighted by Gasteiger charge is 2.17. The maximum atomic E-state index is 11.2. The summed E-state index contributed by atoms with van der Waals surface area (Å²) in [6, 6.07) is 0.0694. The van der Waals surface area contributed by atoms with Gasteiger partial charge in [-0.1, -0.05) is 0 Å². The van der Waals surface area contributed by atoms with Crippen molar-refractivity contribution in [3.05, 3.63) is 28.4 Å². The van der Waals surface area contributed by atoms with Crippen molar-refractivity contribution in [2.45, 2.75) is 18.9 Å². The molecule has 0 spiro atoms. The molecular weight excluding hydrogens is 212 g/mol. The lowest BCUT2D eigenvalue weighted by Gasteiger charge is -2.24. The highest BCUT2D eigenvalue weighted by atomic mass is 16.5. The highest BCUT2D eigenvalue weighted by Crippen LogP contribution is 2.18. The Morgan fingerprint density at radius 2 is 2.44 bits per heavy atom. The van der Waals surface area contributed by atoms with Crippen LogP contribution < -0.4 is 5.56 Å². The minimum Gasteiger partial charge on any atom is -0.477 e. The summed E-state index contributed by atoms with van der Waals surface area (Å²) >= 11 is 0. The van der Waals surface area contributed by atoms with Crippen LogP contribution in [0.1, 0.15) is 29.2 Å². The Labute approximate surface area is 91.5 Å². The maximum Gasteiger partial charge on any atom is 0.342 e. The van der Waals surface area contributed by atoms with Crippen LogP contribution in [0.4, 0.5) is 0 Å². The monoisotopic (exact) mass is 224 g/mol. The molecule has 1 aromatic heterocycles. The zero-order valence-electron chi connectivity index (χ0n) is 8.63. The van der Waals surface area contributed by atoms with Crippen LogP contribution in [0.15, 0.2) is 17.3 Å². The van der Waals surface area contributed by atoms with Crippen LogP contribution in [-0.2, 0) is 4.74 Å². The first-order chi connectivity index (χ1) is 7.68. The predicted molar refractivity (Wildman–Crippen MR) is 54.5 cm³/mol. The molecule has 2 rings (SSSR count). The van der Waals surface area contributed by atoms with E-state index in [-0.39, 0.29) is 11.6 Å². The third-order valence-electron chi connectivity index (χ3n) is 2.61. The molecule has 1 saturated heterocycles. The van der Waals surface area contributed by atoms with E-state index in [2.05, 4.69) is 4.98 Å². The van der Waals surface area contributed by atoms with E-state index in [4.69, 9.17) is 9.84 Å². The van der Waals surface area contributed by atoms with E-state index in [0.29, 0.717) is 6.61 Å². The summed E-state index contributed by atoms with van der Waals surface area (Å²) in [4.78, 5) is 25.5. The summed E-state index contributed by atoms with van der Waals surface area (Å²) in [6.45, 7) is 1.26. The molecule has 0 radical (unpaired) electrons. The number of aromatic nitrogens is 2. The molecule has 2 heterocycles. The van der Waals surface area contributed by atoms with Gasteiger partial charge in [0.2, 0.25) is 0 Å². The average molecular weight is 224 g/mol. The van der Waals surface area contributed by atoms with Crippen molar-refractivity contribution in [3.63, 3.8) is 0 Å². The molecule has 1 aromatic rings. The zero-order chi connectivity index (χ0) is 11.5. The molecule has 0 aliphatic carbocycles. The lowest BCUT2D eigenvalue weighted by Crippen LogP contribution is -2.26. The summed E-state index contributed by atoms with van der Waals surface area (Å²) in [5, 5.41) is 8.80.